The van der Waals surface area contributed by atoms with Gasteiger partial charge in [-0.2, -0.15) is 0 Å². The highest BCUT2D eigenvalue weighted by Gasteiger charge is 2.27. The molecular weight excluding hydrogens is 335 g/mol. The molecule has 0 bridgehead atoms. The molecule has 0 spiro atoms. The number of aromatic nitrogens is 3. The Morgan fingerprint density at radius 1 is 1.12 bits per heavy atom. The number of amides is 1. The fourth-order valence-corrected chi connectivity index (χ4v) is 2.94. The fourth-order valence-electron chi connectivity index (χ4n) is 2.94. The zero-order valence-corrected chi connectivity index (χ0v) is 14.0. The van der Waals surface area contributed by atoms with Crippen molar-refractivity contribution < 1.29 is 13.9 Å². The van der Waals surface area contributed by atoms with Gasteiger partial charge in [0.25, 0.3) is 5.91 Å². The summed E-state index contributed by atoms with van der Waals surface area (Å²) in [6.45, 7) is 1.29. The first-order valence-corrected chi connectivity index (χ1v) is 8.35. The Balaban J connectivity index is 1.49. The van der Waals surface area contributed by atoms with Gasteiger partial charge in [0.2, 0.25) is 0 Å². The summed E-state index contributed by atoms with van der Waals surface area (Å²) < 4.78 is 20.4. The van der Waals surface area contributed by atoms with Crippen LogP contribution in [0, 0.1) is 5.82 Å². The lowest BCUT2D eigenvalue weighted by Gasteiger charge is -2.32. The molecule has 2 heterocycles. The minimum atomic E-state index is -0.296. The molecule has 1 aromatic heterocycles. The number of morpholine rings is 1. The van der Waals surface area contributed by atoms with E-state index in [0.29, 0.717) is 19.7 Å². The first-order chi connectivity index (χ1) is 12.7. The largest absolute Gasteiger partial charge is 0.370 e. The number of benzene rings is 2. The molecule has 1 atom stereocenters. The molecule has 3 aromatic rings. The van der Waals surface area contributed by atoms with Crippen LogP contribution < -0.4 is 0 Å². The Kier molecular flexibility index (Phi) is 4.45. The van der Waals surface area contributed by atoms with E-state index in [-0.39, 0.29) is 23.5 Å². The third kappa shape index (κ3) is 3.34. The number of hydrogen-bond acceptors (Lipinski definition) is 4. The van der Waals surface area contributed by atoms with Crippen molar-refractivity contribution in [2.45, 2.75) is 6.10 Å². The lowest BCUT2D eigenvalue weighted by Crippen LogP contribution is -2.42. The second kappa shape index (κ2) is 7.05. The molecular formula is C19H17FN4O2. The van der Waals surface area contributed by atoms with Gasteiger partial charge in [0.1, 0.15) is 11.9 Å². The first kappa shape index (κ1) is 16.4. The average Bonchev–Trinajstić information content (AvgIpc) is 3.19. The summed E-state index contributed by atoms with van der Waals surface area (Å²) in [4.78, 5) is 14.5. The van der Waals surface area contributed by atoms with E-state index in [4.69, 9.17) is 4.74 Å². The highest BCUT2D eigenvalue weighted by molar-refractivity contribution is 5.92. The molecule has 0 radical (unpaired) electrons. The van der Waals surface area contributed by atoms with E-state index in [1.54, 1.807) is 27.9 Å². The number of rotatable bonds is 3. The van der Waals surface area contributed by atoms with Gasteiger partial charge in [-0.05, 0) is 29.8 Å². The highest BCUT2D eigenvalue weighted by Crippen LogP contribution is 2.23. The van der Waals surface area contributed by atoms with Crippen LogP contribution in [-0.2, 0) is 4.74 Å². The summed E-state index contributed by atoms with van der Waals surface area (Å²) in [6.07, 6.45) is 1.34. The Morgan fingerprint density at radius 3 is 2.65 bits per heavy atom. The summed E-state index contributed by atoms with van der Waals surface area (Å²) >= 11 is 0. The standard InChI is InChI=1S/C19H17FN4O2/c20-15-8-6-14(7-9-15)18-13-23(10-11-26-18)19(25)17-12-24(22-21-17)16-4-2-1-3-5-16/h1-9,12,18H,10-11,13H2/t18-/m1/s1. The molecule has 6 nitrogen and oxygen atoms in total. The van der Waals surface area contributed by atoms with Crippen LogP contribution in [0.2, 0.25) is 0 Å². The molecule has 1 aliphatic rings. The molecule has 0 aliphatic carbocycles. The number of hydrogen-bond donors (Lipinski definition) is 0. The van der Waals surface area contributed by atoms with E-state index in [1.165, 1.54) is 12.1 Å². The maximum Gasteiger partial charge on any atom is 0.276 e. The minimum Gasteiger partial charge on any atom is -0.370 e. The molecule has 7 heteroatoms. The molecule has 1 fully saturated rings. The number of carbonyl (C=O) groups is 1. The molecule has 0 N–H and O–H groups in total. The second-order valence-corrected chi connectivity index (χ2v) is 6.05. The molecule has 1 saturated heterocycles. The van der Waals surface area contributed by atoms with E-state index in [2.05, 4.69) is 10.3 Å². The van der Waals surface area contributed by atoms with Gasteiger partial charge in [0.15, 0.2) is 5.69 Å². The highest BCUT2D eigenvalue weighted by atomic mass is 19.1. The molecule has 0 unspecified atom stereocenters. The van der Waals surface area contributed by atoms with Crippen molar-refractivity contribution in [3.63, 3.8) is 0 Å². The predicted molar refractivity (Wildman–Crippen MR) is 92.4 cm³/mol. The number of halogens is 1. The second-order valence-electron chi connectivity index (χ2n) is 6.05. The predicted octanol–water partition coefficient (Wildman–Crippen LogP) is 2.62. The van der Waals surface area contributed by atoms with E-state index in [0.717, 1.165) is 11.3 Å². The van der Waals surface area contributed by atoms with Gasteiger partial charge in [-0.15, -0.1) is 5.10 Å². The number of para-hydroxylation sites is 1. The SMILES string of the molecule is O=C(c1cn(-c2ccccc2)nn1)N1CCO[C@@H](c2ccc(F)cc2)C1. The first-order valence-electron chi connectivity index (χ1n) is 8.35. The van der Waals surface area contributed by atoms with Crippen LogP contribution in [0.15, 0.2) is 60.8 Å². The maximum absolute atomic E-state index is 13.1. The molecule has 26 heavy (non-hydrogen) atoms. The van der Waals surface area contributed by atoms with Crippen molar-refractivity contribution in [2.75, 3.05) is 19.7 Å². The van der Waals surface area contributed by atoms with E-state index in [9.17, 15) is 9.18 Å². The van der Waals surface area contributed by atoms with Crippen molar-refractivity contribution in [1.29, 1.82) is 0 Å². The Bertz CT molecular complexity index is 895. The monoisotopic (exact) mass is 352 g/mol. The van der Waals surface area contributed by atoms with Crippen molar-refractivity contribution in [2.24, 2.45) is 0 Å². The van der Waals surface area contributed by atoms with Crippen molar-refractivity contribution in [3.8, 4) is 5.69 Å². The summed E-state index contributed by atoms with van der Waals surface area (Å²) in [5.41, 5.74) is 1.97. The van der Waals surface area contributed by atoms with Gasteiger partial charge in [-0.1, -0.05) is 35.5 Å². The fraction of sp³-hybridized carbons (Fsp3) is 0.211. The zero-order chi connectivity index (χ0) is 17.9. The van der Waals surface area contributed by atoms with Crippen LogP contribution in [0.25, 0.3) is 5.69 Å². The molecule has 4 rings (SSSR count). The van der Waals surface area contributed by atoms with Gasteiger partial charge >= 0.3 is 0 Å². The van der Waals surface area contributed by atoms with Gasteiger partial charge in [0, 0.05) is 6.54 Å². The quantitative estimate of drug-likeness (QED) is 0.727. The smallest absolute Gasteiger partial charge is 0.276 e. The van der Waals surface area contributed by atoms with Crippen LogP contribution in [0.3, 0.4) is 0 Å². The Morgan fingerprint density at radius 2 is 1.88 bits per heavy atom. The van der Waals surface area contributed by atoms with Crippen molar-refractivity contribution in [3.05, 3.63) is 77.9 Å². The topological polar surface area (TPSA) is 60.2 Å². The maximum atomic E-state index is 13.1. The van der Waals surface area contributed by atoms with Crippen molar-refractivity contribution in [1.82, 2.24) is 19.9 Å². The molecule has 1 amide bonds. The van der Waals surface area contributed by atoms with Crippen molar-refractivity contribution >= 4 is 5.91 Å². The van der Waals surface area contributed by atoms with Crippen LogP contribution >= 0.6 is 0 Å². The average molecular weight is 352 g/mol. The van der Waals surface area contributed by atoms with Gasteiger partial charge in [-0.25, -0.2) is 9.07 Å². The summed E-state index contributed by atoms with van der Waals surface area (Å²) in [5, 5.41) is 8.04. The Labute approximate surface area is 149 Å². The third-order valence-electron chi connectivity index (χ3n) is 4.33. The van der Waals surface area contributed by atoms with Crippen LogP contribution in [0.4, 0.5) is 4.39 Å². The zero-order valence-electron chi connectivity index (χ0n) is 14.0. The van der Waals surface area contributed by atoms with E-state index >= 15 is 0 Å². The lowest BCUT2D eigenvalue weighted by atomic mass is 10.1. The number of carbonyl (C=O) groups excluding carboxylic acids is 1. The minimum absolute atomic E-state index is 0.192. The van der Waals surface area contributed by atoms with Gasteiger partial charge < -0.3 is 9.64 Å². The normalized spacial score (nSPS) is 17.3. The molecule has 2 aromatic carbocycles. The summed E-state index contributed by atoms with van der Waals surface area (Å²) in [7, 11) is 0. The van der Waals surface area contributed by atoms with Gasteiger partial charge in [-0.3, -0.25) is 4.79 Å². The molecule has 132 valence electrons. The van der Waals surface area contributed by atoms with Crippen LogP contribution in [0.5, 0.6) is 0 Å². The Hall–Kier alpha value is -3.06. The van der Waals surface area contributed by atoms with E-state index < -0.39 is 0 Å². The van der Waals surface area contributed by atoms with Crippen LogP contribution in [-0.4, -0.2) is 45.5 Å². The van der Waals surface area contributed by atoms with Gasteiger partial charge in [0.05, 0.1) is 25.0 Å². The molecule has 1 aliphatic heterocycles. The van der Waals surface area contributed by atoms with Crippen LogP contribution in [0.1, 0.15) is 22.2 Å². The lowest BCUT2D eigenvalue weighted by molar-refractivity contribution is -0.0230. The number of nitrogens with zero attached hydrogens (tertiary/aromatic N) is 4. The summed E-state index contributed by atoms with van der Waals surface area (Å²) in [6, 6.07) is 15.6. The summed E-state index contributed by atoms with van der Waals surface area (Å²) in [5.74, 6) is -0.488. The molecule has 0 saturated carbocycles. The van der Waals surface area contributed by atoms with E-state index in [1.807, 2.05) is 30.3 Å². The third-order valence-corrected chi connectivity index (χ3v) is 4.33. The number of ether oxygens (including phenoxy) is 1.